The minimum Gasteiger partial charge on any atom is -0.478 e. The Kier molecular flexibility index (Phi) is 2.35. The molecule has 6 heteroatoms. The molecule has 0 aliphatic heterocycles. The van der Waals surface area contributed by atoms with Gasteiger partial charge < -0.3 is 5.11 Å². The fourth-order valence-electron chi connectivity index (χ4n) is 1.77. The molecule has 0 saturated heterocycles. The Bertz CT molecular complexity index is 604. The van der Waals surface area contributed by atoms with Gasteiger partial charge in [-0.1, -0.05) is 11.6 Å². The van der Waals surface area contributed by atoms with Crippen LogP contribution in [0.1, 0.15) is 21.7 Å². The molecular weight excluding hydrogens is 230 g/mol. The highest BCUT2D eigenvalue weighted by Gasteiger charge is 2.21. The lowest BCUT2D eigenvalue weighted by molar-refractivity contribution is 0.0699. The van der Waals surface area contributed by atoms with Crippen LogP contribution >= 0.6 is 11.6 Å². The van der Waals surface area contributed by atoms with E-state index in [1.807, 2.05) is 0 Å². The number of aromatic carboxylic acids is 1. The molecule has 0 aliphatic rings. The van der Waals surface area contributed by atoms with Crippen molar-refractivity contribution in [1.82, 2.24) is 14.8 Å². The zero-order valence-electron chi connectivity index (χ0n) is 9.08. The van der Waals surface area contributed by atoms with Gasteiger partial charge in [-0.05, 0) is 13.8 Å². The third-order valence-corrected chi connectivity index (χ3v) is 2.93. The van der Waals surface area contributed by atoms with Crippen LogP contribution in [0, 0.1) is 13.8 Å². The minimum absolute atomic E-state index is 0.0785. The number of carbonyl (C=O) groups is 1. The number of rotatable bonds is 1. The number of halogens is 1. The van der Waals surface area contributed by atoms with Gasteiger partial charge in [0.25, 0.3) is 0 Å². The van der Waals surface area contributed by atoms with Gasteiger partial charge in [0, 0.05) is 7.05 Å². The Morgan fingerprint density at radius 1 is 1.38 bits per heavy atom. The van der Waals surface area contributed by atoms with Gasteiger partial charge in [-0.3, -0.25) is 4.68 Å². The van der Waals surface area contributed by atoms with Gasteiger partial charge in [0.05, 0.1) is 27.4 Å². The number of carboxylic acids is 1. The number of hydrogen-bond donors (Lipinski definition) is 1. The minimum atomic E-state index is -1.06. The van der Waals surface area contributed by atoms with E-state index in [0.717, 1.165) is 0 Å². The van der Waals surface area contributed by atoms with E-state index >= 15 is 0 Å². The van der Waals surface area contributed by atoms with Gasteiger partial charge in [0.1, 0.15) is 0 Å². The van der Waals surface area contributed by atoms with E-state index in [2.05, 4.69) is 10.1 Å². The molecule has 0 aromatic carbocycles. The average molecular weight is 240 g/mol. The van der Waals surface area contributed by atoms with Crippen LogP contribution < -0.4 is 0 Å². The van der Waals surface area contributed by atoms with Gasteiger partial charge in [0.15, 0.2) is 5.65 Å². The highest BCUT2D eigenvalue weighted by molar-refractivity contribution is 6.35. The summed E-state index contributed by atoms with van der Waals surface area (Å²) in [5.74, 6) is -1.06. The van der Waals surface area contributed by atoms with Crippen molar-refractivity contribution >= 4 is 28.6 Å². The van der Waals surface area contributed by atoms with Crippen molar-refractivity contribution in [2.75, 3.05) is 0 Å². The van der Waals surface area contributed by atoms with Gasteiger partial charge in [0.2, 0.25) is 0 Å². The summed E-state index contributed by atoms with van der Waals surface area (Å²) >= 11 is 5.97. The maximum atomic E-state index is 11.2. The van der Waals surface area contributed by atoms with Crippen molar-refractivity contribution in [3.05, 3.63) is 22.0 Å². The van der Waals surface area contributed by atoms with Crippen LogP contribution in [0.5, 0.6) is 0 Å². The Morgan fingerprint density at radius 3 is 2.56 bits per heavy atom. The number of aromatic nitrogens is 3. The average Bonchev–Trinajstić information content (AvgIpc) is 2.44. The van der Waals surface area contributed by atoms with Crippen molar-refractivity contribution < 1.29 is 9.90 Å². The summed E-state index contributed by atoms with van der Waals surface area (Å²) < 4.78 is 1.56. The molecule has 0 amide bonds. The second-order valence-corrected chi connectivity index (χ2v) is 3.98. The van der Waals surface area contributed by atoms with Crippen LogP contribution in [0.2, 0.25) is 5.02 Å². The first-order chi connectivity index (χ1) is 7.43. The molecule has 0 spiro atoms. The number of aryl methyl sites for hydroxylation is 3. The van der Waals surface area contributed by atoms with E-state index in [1.165, 1.54) is 0 Å². The van der Waals surface area contributed by atoms with Crippen LogP contribution in [0.25, 0.3) is 11.0 Å². The zero-order valence-corrected chi connectivity index (χ0v) is 9.83. The zero-order chi connectivity index (χ0) is 12.0. The summed E-state index contributed by atoms with van der Waals surface area (Å²) in [7, 11) is 1.72. The van der Waals surface area contributed by atoms with Crippen molar-refractivity contribution in [3.63, 3.8) is 0 Å². The second kappa shape index (κ2) is 3.45. The molecule has 1 N–H and O–H groups in total. The second-order valence-electron chi connectivity index (χ2n) is 3.60. The van der Waals surface area contributed by atoms with Crippen molar-refractivity contribution in [2.45, 2.75) is 13.8 Å². The monoisotopic (exact) mass is 239 g/mol. The highest BCUT2D eigenvalue weighted by atomic mass is 35.5. The molecule has 0 radical (unpaired) electrons. The molecule has 0 fully saturated rings. The Balaban J connectivity index is 3.04. The van der Waals surface area contributed by atoms with E-state index < -0.39 is 5.97 Å². The fourth-order valence-corrected chi connectivity index (χ4v) is 1.98. The normalized spacial score (nSPS) is 11.0. The van der Waals surface area contributed by atoms with Crippen LogP contribution in [0.3, 0.4) is 0 Å². The lowest BCUT2D eigenvalue weighted by Gasteiger charge is -2.04. The summed E-state index contributed by atoms with van der Waals surface area (Å²) in [6, 6.07) is 0. The summed E-state index contributed by atoms with van der Waals surface area (Å²) in [4.78, 5) is 15.4. The first-order valence-electron chi connectivity index (χ1n) is 4.66. The molecule has 2 aromatic heterocycles. The molecule has 0 bridgehead atoms. The molecule has 0 saturated carbocycles. The first-order valence-corrected chi connectivity index (χ1v) is 5.04. The molecule has 84 valence electrons. The summed E-state index contributed by atoms with van der Waals surface area (Å²) in [5, 5.41) is 14.0. The molecule has 5 nitrogen and oxygen atoms in total. The lowest BCUT2D eigenvalue weighted by atomic mass is 10.1. The molecule has 2 rings (SSSR count). The SMILES string of the molecule is Cc1nc2c(c(C)nn2C)c(C(=O)O)c1Cl. The van der Waals surface area contributed by atoms with E-state index in [9.17, 15) is 9.90 Å². The predicted octanol–water partition coefficient (Wildman–Crippen LogP) is 1.94. The molecular formula is C10H10ClN3O2. The Labute approximate surface area is 96.7 Å². The molecule has 0 aliphatic carbocycles. The summed E-state index contributed by atoms with van der Waals surface area (Å²) in [6.45, 7) is 3.42. The van der Waals surface area contributed by atoms with E-state index in [-0.39, 0.29) is 10.6 Å². The number of carboxylic acid groups (broad SMARTS) is 1. The maximum absolute atomic E-state index is 11.2. The molecule has 2 heterocycles. The molecule has 2 aromatic rings. The van der Waals surface area contributed by atoms with Gasteiger partial charge in [-0.15, -0.1) is 0 Å². The molecule has 0 atom stereocenters. The Hall–Kier alpha value is -1.62. The van der Waals surface area contributed by atoms with Crippen LogP contribution in [0.4, 0.5) is 0 Å². The largest absolute Gasteiger partial charge is 0.478 e. The van der Waals surface area contributed by atoms with E-state index in [4.69, 9.17) is 11.6 Å². The quantitative estimate of drug-likeness (QED) is 0.826. The highest BCUT2D eigenvalue weighted by Crippen LogP contribution is 2.29. The van der Waals surface area contributed by atoms with Crippen LogP contribution in [-0.4, -0.2) is 25.8 Å². The molecule has 16 heavy (non-hydrogen) atoms. The van der Waals surface area contributed by atoms with Crippen molar-refractivity contribution in [2.24, 2.45) is 7.05 Å². The molecule has 0 unspecified atom stereocenters. The lowest BCUT2D eigenvalue weighted by Crippen LogP contribution is -2.03. The maximum Gasteiger partial charge on any atom is 0.338 e. The summed E-state index contributed by atoms with van der Waals surface area (Å²) in [6.07, 6.45) is 0. The summed E-state index contributed by atoms with van der Waals surface area (Å²) in [5.41, 5.74) is 1.73. The number of hydrogen-bond acceptors (Lipinski definition) is 3. The standard InChI is InChI=1S/C10H10ClN3O2/c1-4-6-7(10(15)16)8(11)5(2)12-9(6)14(3)13-4/h1-3H3,(H,15,16). The predicted molar refractivity (Wildman–Crippen MR) is 60.0 cm³/mol. The van der Waals surface area contributed by atoms with Gasteiger partial charge in [-0.2, -0.15) is 5.10 Å². The fraction of sp³-hybridized carbons (Fsp3) is 0.300. The smallest absolute Gasteiger partial charge is 0.338 e. The van der Waals surface area contributed by atoms with Crippen molar-refractivity contribution in [1.29, 1.82) is 0 Å². The van der Waals surface area contributed by atoms with Gasteiger partial charge >= 0.3 is 5.97 Å². The van der Waals surface area contributed by atoms with Crippen LogP contribution in [-0.2, 0) is 7.05 Å². The third-order valence-electron chi connectivity index (χ3n) is 2.47. The van der Waals surface area contributed by atoms with Crippen molar-refractivity contribution in [3.8, 4) is 0 Å². The number of pyridine rings is 1. The van der Waals surface area contributed by atoms with E-state index in [0.29, 0.717) is 22.4 Å². The third kappa shape index (κ3) is 1.36. The first kappa shape index (κ1) is 10.9. The van der Waals surface area contributed by atoms with E-state index in [1.54, 1.807) is 25.6 Å². The van der Waals surface area contributed by atoms with Gasteiger partial charge in [-0.25, -0.2) is 9.78 Å². The topological polar surface area (TPSA) is 68.0 Å². The number of fused-ring (bicyclic) bond motifs is 1. The number of nitrogens with zero attached hydrogens (tertiary/aromatic N) is 3. The van der Waals surface area contributed by atoms with Crippen LogP contribution in [0.15, 0.2) is 0 Å². The Morgan fingerprint density at radius 2 is 2.00 bits per heavy atom.